The van der Waals surface area contributed by atoms with Gasteiger partial charge in [-0.3, -0.25) is 9.59 Å². The Morgan fingerprint density at radius 2 is 1.52 bits per heavy atom. The molecule has 0 aliphatic heterocycles. The molecular weight excluding hydrogens is 423 g/mol. The van der Waals surface area contributed by atoms with Crippen molar-refractivity contribution in [2.45, 2.75) is 12.8 Å². The second-order valence-corrected chi connectivity index (χ2v) is 5.99. The predicted molar refractivity (Wildman–Crippen MR) is 103 cm³/mol. The van der Waals surface area contributed by atoms with E-state index in [0.717, 1.165) is 12.1 Å². The predicted octanol–water partition coefficient (Wildman–Crippen LogP) is 3.34. The van der Waals surface area contributed by atoms with Gasteiger partial charge in [-0.05, 0) is 42.0 Å². The van der Waals surface area contributed by atoms with E-state index in [4.69, 9.17) is 18.9 Å². The fraction of sp³-hybridized carbons (Fsp3) is 0.300. The first-order chi connectivity index (χ1) is 14.6. The van der Waals surface area contributed by atoms with E-state index in [1.165, 1.54) is 33.5 Å². The molecule has 0 unspecified atom stereocenters. The van der Waals surface area contributed by atoms with Gasteiger partial charge in [0.05, 0.1) is 27.8 Å². The van der Waals surface area contributed by atoms with Crippen molar-refractivity contribution in [1.82, 2.24) is 0 Å². The van der Waals surface area contributed by atoms with E-state index in [1.807, 2.05) is 0 Å². The van der Waals surface area contributed by atoms with E-state index in [0.29, 0.717) is 22.8 Å². The summed E-state index contributed by atoms with van der Waals surface area (Å²) in [7, 11) is 4.32. The van der Waals surface area contributed by atoms with Gasteiger partial charge in [-0.15, -0.1) is 13.2 Å². The number of methoxy groups -OCH3 is 3. The zero-order chi connectivity index (χ0) is 23.0. The van der Waals surface area contributed by atoms with Crippen LogP contribution >= 0.6 is 0 Å². The number of carbonyl (C=O) groups excluding carboxylic acids is 2. The van der Waals surface area contributed by atoms with Crippen molar-refractivity contribution in [3.63, 3.8) is 0 Å². The zero-order valence-electron chi connectivity index (χ0n) is 16.9. The number of hydrogen-bond donors (Lipinski definition) is 1. The van der Waals surface area contributed by atoms with Crippen molar-refractivity contribution in [3.05, 3.63) is 42.0 Å². The van der Waals surface area contributed by atoms with Gasteiger partial charge in [-0.25, -0.2) is 0 Å². The average molecular weight is 443 g/mol. The zero-order valence-corrected chi connectivity index (χ0v) is 16.9. The largest absolute Gasteiger partial charge is 0.573 e. The van der Waals surface area contributed by atoms with Crippen LogP contribution in [0.2, 0.25) is 0 Å². The number of ether oxygens (including phenoxy) is 5. The van der Waals surface area contributed by atoms with E-state index < -0.39 is 30.6 Å². The molecular formula is C20H20F3NO7. The van der Waals surface area contributed by atoms with Crippen LogP contribution in [0.4, 0.5) is 18.9 Å². The maximum atomic E-state index is 12.1. The lowest BCUT2D eigenvalue weighted by atomic mass is 10.1. The van der Waals surface area contributed by atoms with E-state index in [2.05, 4.69) is 10.1 Å². The molecule has 0 saturated carbocycles. The number of esters is 1. The molecule has 0 bridgehead atoms. The summed E-state index contributed by atoms with van der Waals surface area (Å²) in [6, 6.07) is 7.67. The number of anilines is 1. The maximum absolute atomic E-state index is 12.1. The van der Waals surface area contributed by atoms with Gasteiger partial charge in [0.2, 0.25) is 5.75 Å². The second-order valence-electron chi connectivity index (χ2n) is 5.99. The van der Waals surface area contributed by atoms with Gasteiger partial charge in [-0.1, -0.05) is 0 Å². The number of nitrogens with one attached hydrogen (secondary N) is 1. The smallest absolute Gasteiger partial charge is 0.493 e. The van der Waals surface area contributed by atoms with E-state index in [1.54, 1.807) is 12.1 Å². The quantitative estimate of drug-likeness (QED) is 0.595. The average Bonchev–Trinajstić information content (AvgIpc) is 2.71. The highest BCUT2D eigenvalue weighted by Gasteiger charge is 2.31. The fourth-order valence-corrected chi connectivity index (χ4v) is 2.54. The molecule has 11 heteroatoms. The van der Waals surface area contributed by atoms with Gasteiger partial charge in [0.25, 0.3) is 5.91 Å². The summed E-state index contributed by atoms with van der Waals surface area (Å²) in [5.41, 5.74) is 0.723. The molecule has 0 aliphatic rings. The number of alkyl halides is 3. The number of hydrogen-bond acceptors (Lipinski definition) is 7. The normalized spacial score (nSPS) is 10.8. The summed E-state index contributed by atoms with van der Waals surface area (Å²) in [6.45, 7) is -0.579. The van der Waals surface area contributed by atoms with E-state index in [9.17, 15) is 22.8 Å². The SMILES string of the molecule is COc1cc(CC(=O)OCC(=O)Nc2ccc(OC(F)(F)F)cc2)cc(OC)c1OC. The lowest BCUT2D eigenvalue weighted by Gasteiger charge is -2.14. The van der Waals surface area contributed by atoms with Crippen molar-refractivity contribution in [2.75, 3.05) is 33.3 Å². The third-order valence-electron chi connectivity index (χ3n) is 3.81. The standard InChI is InChI=1S/C20H20F3NO7/c1-27-15-8-12(9-16(28-2)19(15)29-3)10-18(26)30-11-17(25)24-13-4-6-14(7-5-13)31-20(21,22)23/h4-9H,10-11H2,1-3H3,(H,24,25). The van der Waals surface area contributed by atoms with Crippen LogP contribution in [0.5, 0.6) is 23.0 Å². The Bertz CT molecular complexity index is 889. The first-order valence-corrected chi connectivity index (χ1v) is 8.75. The molecule has 31 heavy (non-hydrogen) atoms. The maximum Gasteiger partial charge on any atom is 0.573 e. The summed E-state index contributed by atoms with van der Waals surface area (Å²) >= 11 is 0. The van der Waals surface area contributed by atoms with Gasteiger partial charge >= 0.3 is 12.3 Å². The molecule has 2 rings (SSSR count). The van der Waals surface area contributed by atoms with Gasteiger partial charge in [0.1, 0.15) is 5.75 Å². The summed E-state index contributed by atoms with van der Waals surface area (Å²) in [5.74, 6) is -0.683. The fourth-order valence-electron chi connectivity index (χ4n) is 2.54. The van der Waals surface area contributed by atoms with Crippen LogP contribution in [0.3, 0.4) is 0 Å². The summed E-state index contributed by atoms with van der Waals surface area (Å²) in [6.07, 6.45) is -4.97. The minimum absolute atomic E-state index is 0.159. The molecule has 0 saturated heterocycles. The molecule has 0 aliphatic carbocycles. The highest BCUT2D eigenvalue weighted by Crippen LogP contribution is 2.38. The number of halogens is 3. The molecule has 1 amide bonds. The Kier molecular flexibility index (Phi) is 7.94. The summed E-state index contributed by atoms with van der Waals surface area (Å²) < 4.78 is 60.7. The third kappa shape index (κ3) is 7.28. The highest BCUT2D eigenvalue weighted by atomic mass is 19.4. The summed E-state index contributed by atoms with van der Waals surface area (Å²) in [5, 5.41) is 2.39. The molecule has 0 radical (unpaired) electrons. The molecule has 0 aromatic heterocycles. The molecule has 168 valence electrons. The first-order valence-electron chi connectivity index (χ1n) is 8.75. The van der Waals surface area contributed by atoms with Gasteiger partial charge < -0.3 is 29.0 Å². The Labute approximate surface area is 175 Å². The molecule has 0 heterocycles. The number of rotatable bonds is 9. The van der Waals surface area contributed by atoms with Crippen molar-refractivity contribution in [3.8, 4) is 23.0 Å². The minimum atomic E-state index is -4.81. The molecule has 0 spiro atoms. The van der Waals surface area contributed by atoms with Crippen LogP contribution < -0.4 is 24.3 Å². The van der Waals surface area contributed by atoms with Crippen molar-refractivity contribution in [2.24, 2.45) is 0 Å². The van der Waals surface area contributed by atoms with Crippen LogP contribution in [0.15, 0.2) is 36.4 Å². The Morgan fingerprint density at radius 3 is 2.00 bits per heavy atom. The van der Waals surface area contributed by atoms with Crippen LogP contribution in [0.1, 0.15) is 5.56 Å². The van der Waals surface area contributed by atoms with Crippen LogP contribution in [-0.2, 0) is 20.7 Å². The van der Waals surface area contributed by atoms with Crippen LogP contribution in [-0.4, -0.2) is 46.2 Å². The lowest BCUT2D eigenvalue weighted by molar-refractivity contribution is -0.274. The van der Waals surface area contributed by atoms with Crippen molar-refractivity contribution < 1.29 is 46.4 Å². The lowest BCUT2D eigenvalue weighted by Crippen LogP contribution is -2.21. The molecule has 8 nitrogen and oxygen atoms in total. The number of benzene rings is 2. The molecule has 2 aromatic rings. The van der Waals surface area contributed by atoms with Gasteiger partial charge in [0.15, 0.2) is 18.1 Å². The minimum Gasteiger partial charge on any atom is -0.493 e. The van der Waals surface area contributed by atoms with E-state index >= 15 is 0 Å². The van der Waals surface area contributed by atoms with E-state index in [-0.39, 0.29) is 12.1 Å². The van der Waals surface area contributed by atoms with Crippen molar-refractivity contribution >= 4 is 17.6 Å². The topological polar surface area (TPSA) is 92.3 Å². The van der Waals surface area contributed by atoms with Crippen LogP contribution in [0.25, 0.3) is 0 Å². The molecule has 0 fully saturated rings. The molecule has 2 aromatic carbocycles. The van der Waals surface area contributed by atoms with Gasteiger partial charge in [0, 0.05) is 5.69 Å². The Morgan fingerprint density at radius 1 is 0.935 bits per heavy atom. The second kappa shape index (κ2) is 10.4. The Hall–Kier alpha value is -3.63. The monoisotopic (exact) mass is 443 g/mol. The first kappa shape index (κ1) is 23.6. The Balaban J connectivity index is 1.89. The van der Waals surface area contributed by atoms with Crippen molar-refractivity contribution in [1.29, 1.82) is 0 Å². The summed E-state index contributed by atoms with van der Waals surface area (Å²) in [4.78, 5) is 24.0. The number of carbonyl (C=O) groups is 2. The third-order valence-corrected chi connectivity index (χ3v) is 3.81. The van der Waals surface area contributed by atoms with Crippen LogP contribution in [0, 0.1) is 0 Å². The molecule has 1 N–H and O–H groups in total. The highest BCUT2D eigenvalue weighted by molar-refractivity contribution is 5.93. The number of amides is 1. The molecule has 0 atom stereocenters. The van der Waals surface area contributed by atoms with Gasteiger partial charge in [-0.2, -0.15) is 0 Å².